The summed E-state index contributed by atoms with van der Waals surface area (Å²) in [7, 11) is -2.27. The van der Waals surface area contributed by atoms with Crippen molar-refractivity contribution in [1.82, 2.24) is 4.48 Å². The Hall–Kier alpha value is -6.50. The van der Waals surface area contributed by atoms with Gasteiger partial charge >= 0.3 is 7.26 Å². The van der Waals surface area contributed by atoms with Crippen LogP contribution in [0.25, 0.3) is 33.4 Å². The van der Waals surface area contributed by atoms with Gasteiger partial charge in [0.2, 0.25) is 10.7 Å². The van der Waals surface area contributed by atoms with Crippen LogP contribution in [0.15, 0.2) is 177 Å². The van der Waals surface area contributed by atoms with Gasteiger partial charge in [-0.25, -0.2) is 35.1 Å². The molecule has 0 amide bonds. The Kier molecular flexibility index (Phi) is 12.2. The summed E-state index contributed by atoms with van der Waals surface area (Å²) < 4.78 is 116. The molecule has 0 spiro atoms. The predicted octanol–water partition coefficient (Wildman–Crippen LogP) is 15.5. The molecule has 66 heavy (non-hydrogen) atoms. The minimum Gasteiger partial charge on any atom is -0.279 e. The number of hydrogen-bond acceptors (Lipinski definition) is 2. The van der Waals surface area contributed by atoms with E-state index < -0.39 is 52.0 Å². The van der Waals surface area contributed by atoms with Crippen molar-refractivity contribution >= 4 is 47.0 Å². The standard InChI is InChI=1S/C54H39BF7N2S2/c1-6-7-13-31(3)44-46(35-20-24-37(56)25-21-35)53(65-51-39(58)16-11-17-40(51)59)63-49(44)48(43-32(4)28-30(2)29-33(43)5)50-45(34-14-9-8-10-15-34)47(36-22-26-38(57)27-23-36)54(64(50)55(63)62)66-52-41(60)18-12-19-42(52)61/h6-29H,1-5H3/q+1/b7-6-,31-13+. The van der Waals surface area contributed by atoms with Crippen LogP contribution in [-0.2, 0) is 0 Å². The normalized spacial score (nSPS) is 14.0. The fourth-order valence-corrected chi connectivity index (χ4v) is 11.2. The van der Waals surface area contributed by atoms with Crippen LogP contribution in [0.5, 0.6) is 0 Å². The van der Waals surface area contributed by atoms with Gasteiger partial charge in [0, 0.05) is 11.1 Å². The van der Waals surface area contributed by atoms with E-state index in [1.807, 2.05) is 95.3 Å². The second-order valence-electron chi connectivity index (χ2n) is 16.1. The molecule has 12 heteroatoms. The van der Waals surface area contributed by atoms with Gasteiger partial charge in [-0.1, -0.05) is 114 Å². The maximum atomic E-state index is 19.4. The second-order valence-corrected chi connectivity index (χ2v) is 18.1. The second kappa shape index (κ2) is 18.1. The van der Waals surface area contributed by atoms with Gasteiger partial charge in [0.25, 0.3) is 0 Å². The maximum Gasteiger partial charge on any atom is 0.847 e. The zero-order chi connectivity index (χ0) is 46.6. The summed E-state index contributed by atoms with van der Waals surface area (Å²) >= 11 is 1.38. The number of rotatable bonds is 9. The molecule has 2 aliphatic heterocycles. The Bertz CT molecular complexity index is 3200. The van der Waals surface area contributed by atoms with Crippen LogP contribution in [0.4, 0.5) is 30.7 Å². The topological polar surface area (TPSA) is 7.94 Å². The SMILES string of the molecule is C/C=C\C=C(/C)C1=C(c2ccc(F)cc2)C(Sc2c(F)cccc2F)=[N+]2B(F)n3c(Sc4c(F)cccc4F)c(-c4ccc(F)cc4)c(-c4ccccc4)c3C(c3c(C)cc(C)cc3C)=C12. The molecule has 328 valence electrons. The molecular formula is C54H39BF7N2S2+. The lowest BCUT2D eigenvalue weighted by Crippen LogP contribution is -2.41. The molecule has 6 aromatic carbocycles. The van der Waals surface area contributed by atoms with Gasteiger partial charge in [0.05, 0.1) is 37.2 Å². The summed E-state index contributed by atoms with van der Waals surface area (Å²) in [5.41, 5.74) is 8.37. The van der Waals surface area contributed by atoms with Crippen molar-refractivity contribution in [3.05, 3.63) is 231 Å². The molecule has 0 aliphatic carbocycles. The molecule has 1 aromatic heterocycles. The van der Waals surface area contributed by atoms with Crippen LogP contribution in [0.2, 0.25) is 0 Å². The molecule has 2 aliphatic rings. The summed E-state index contributed by atoms with van der Waals surface area (Å²) in [6, 6.07) is 31.5. The highest BCUT2D eigenvalue weighted by atomic mass is 32.2. The van der Waals surface area contributed by atoms with Gasteiger partial charge in [0.1, 0.15) is 34.9 Å². The highest BCUT2D eigenvalue weighted by Gasteiger charge is 2.58. The highest BCUT2D eigenvalue weighted by molar-refractivity contribution is 8.15. The molecule has 0 bridgehead atoms. The Morgan fingerprint density at radius 1 is 0.591 bits per heavy atom. The average molecular weight is 924 g/mol. The van der Waals surface area contributed by atoms with Crippen molar-refractivity contribution in [3.63, 3.8) is 0 Å². The molecule has 0 radical (unpaired) electrons. The summed E-state index contributed by atoms with van der Waals surface area (Å²) in [5.74, 6) is -4.61. The van der Waals surface area contributed by atoms with Crippen molar-refractivity contribution in [3.8, 4) is 22.3 Å². The molecular weight excluding hydrogens is 885 g/mol. The summed E-state index contributed by atoms with van der Waals surface area (Å²) in [6.07, 6.45) is 5.53. The predicted molar refractivity (Wildman–Crippen MR) is 254 cm³/mol. The van der Waals surface area contributed by atoms with Crippen molar-refractivity contribution in [2.45, 2.75) is 49.4 Å². The van der Waals surface area contributed by atoms with Crippen LogP contribution in [-0.4, -0.2) is 21.3 Å². The van der Waals surface area contributed by atoms with E-state index in [-0.39, 0.29) is 10.1 Å². The van der Waals surface area contributed by atoms with Crippen molar-refractivity contribution < 1.29 is 35.1 Å². The van der Waals surface area contributed by atoms with E-state index in [4.69, 9.17) is 0 Å². The molecule has 0 fully saturated rings. The van der Waals surface area contributed by atoms with Crippen LogP contribution in [0.1, 0.15) is 47.4 Å². The van der Waals surface area contributed by atoms with Crippen molar-refractivity contribution in [2.24, 2.45) is 0 Å². The Labute approximate surface area is 387 Å². The van der Waals surface area contributed by atoms with Gasteiger partial charge in [-0.3, -0.25) is 4.48 Å². The third-order valence-corrected chi connectivity index (χ3v) is 14.0. The number of allylic oxidation sites excluding steroid dienone is 4. The third-order valence-electron chi connectivity index (χ3n) is 11.6. The molecule has 0 saturated heterocycles. The minimum absolute atomic E-state index is 0.0744. The van der Waals surface area contributed by atoms with Crippen molar-refractivity contribution in [2.75, 3.05) is 0 Å². The molecule has 7 aromatic rings. The summed E-state index contributed by atoms with van der Waals surface area (Å²) in [4.78, 5) is -0.811. The quantitative estimate of drug-likeness (QED) is 0.0810. The van der Waals surface area contributed by atoms with Crippen LogP contribution < -0.4 is 0 Å². The third kappa shape index (κ3) is 7.79. The lowest BCUT2D eigenvalue weighted by atomic mass is 9.80. The molecule has 0 N–H and O–H groups in total. The van der Waals surface area contributed by atoms with E-state index in [0.29, 0.717) is 90.6 Å². The fourth-order valence-electron chi connectivity index (χ4n) is 8.99. The first-order chi connectivity index (χ1) is 31.8. The lowest BCUT2D eigenvalue weighted by Gasteiger charge is -2.25. The Balaban J connectivity index is 1.57. The number of thioether (sulfide) groups is 1. The largest absolute Gasteiger partial charge is 0.847 e. The first-order valence-corrected chi connectivity index (χ1v) is 22.7. The highest BCUT2D eigenvalue weighted by Crippen LogP contribution is 2.56. The number of hydrogen-bond donors (Lipinski definition) is 0. The number of aryl methyl sites for hydroxylation is 3. The zero-order valence-corrected chi connectivity index (χ0v) is 37.9. The number of aromatic nitrogens is 1. The van der Waals surface area contributed by atoms with Gasteiger partial charge in [0.15, 0.2) is 0 Å². The Morgan fingerprint density at radius 3 is 1.65 bits per heavy atom. The molecule has 3 heterocycles. The van der Waals surface area contributed by atoms with Crippen LogP contribution in [0, 0.1) is 55.7 Å². The van der Waals surface area contributed by atoms with E-state index in [2.05, 4.69) is 0 Å². The van der Waals surface area contributed by atoms with Gasteiger partial charge in [-0.05, 0) is 134 Å². The lowest BCUT2D eigenvalue weighted by molar-refractivity contribution is -0.333. The first-order valence-electron chi connectivity index (χ1n) is 21.1. The average Bonchev–Trinajstić information content (AvgIpc) is 3.81. The number of halogens is 7. The molecule has 2 nitrogen and oxygen atoms in total. The minimum atomic E-state index is -2.27. The molecule has 9 rings (SSSR count). The number of fused-ring (bicyclic) bond motifs is 2. The van der Waals surface area contributed by atoms with E-state index in [0.717, 1.165) is 41.0 Å². The summed E-state index contributed by atoms with van der Waals surface area (Å²) in [6.45, 7) is 9.58. The molecule has 0 saturated carbocycles. The summed E-state index contributed by atoms with van der Waals surface area (Å²) in [5, 5.41) is 0.151. The number of nitrogens with zero attached hydrogens (tertiary/aromatic N) is 2. The first kappa shape index (κ1) is 44.7. The van der Waals surface area contributed by atoms with E-state index in [1.54, 1.807) is 24.3 Å². The smallest absolute Gasteiger partial charge is 0.279 e. The zero-order valence-electron chi connectivity index (χ0n) is 36.3. The van der Waals surface area contributed by atoms with Crippen LogP contribution in [0.3, 0.4) is 0 Å². The van der Waals surface area contributed by atoms with E-state index in [1.165, 1.54) is 45.4 Å². The Morgan fingerprint density at radius 2 is 1.11 bits per heavy atom. The van der Waals surface area contributed by atoms with Gasteiger partial charge < -0.3 is 0 Å². The number of benzene rings is 6. The van der Waals surface area contributed by atoms with Gasteiger partial charge in [-0.15, -0.1) is 0 Å². The van der Waals surface area contributed by atoms with E-state index in [9.17, 15) is 8.78 Å². The molecule has 0 unspecified atom stereocenters. The van der Waals surface area contributed by atoms with E-state index >= 15 is 21.9 Å². The van der Waals surface area contributed by atoms with Crippen molar-refractivity contribution in [1.29, 1.82) is 0 Å². The maximum absolute atomic E-state index is 19.4. The molecule has 0 atom stereocenters. The van der Waals surface area contributed by atoms with Crippen LogP contribution >= 0.6 is 23.5 Å². The monoisotopic (exact) mass is 923 g/mol. The van der Waals surface area contributed by atoms with Gasteiger partial charge in [-0.2, -0.15) is 0 Å². The fraction of sp³-hybridized carbons (Fsp3) is 0.0926.